The van der Waals surface area contributed by atoms with Crippen LogP contribution in [0.15, 0.2) is 29.2 Å². The van der Waals surface area contributed by atoms with Gasteiger partial charge in [-0.1, -0.05) is 29.3 Å². The van der Waals surface area contributed by atoms with Crippen molar-refractivity contribution in [1.82, 2.24) is 14.9 Å². The zero-order valence-corrected chi connectivity index (χ0v) is 14.7. The minimum atomic E-state index is -0.438. The third-order valence-electron chi connectivity index (χ3n) is 4.30. The molecule has 1 N–H and O–H groups in total. The molecule has 0 aliphatic carbocycles. The van der Waals surface area contributed by atoms with Gasteiger partial charge in [0.05, 0.1) is 0 Å². The molecule has 0 bridgehead atoms. The van der Waals surface area contributed by atoms with Gasteiger partial charge in [0.2, 0.25) is 0 Å². The molecule has 1 saturated heterocycles. The molecule has 1 atom stereocenters. The molecule has 7 heteroatoms. The normalized spacial score (nSPS) is 17.3. The van der Waals surface area contributed by atoms with Crippen LogP contribution in [-0.4, -0.2) is 33.4 Å². The Hall–Kier alpha value is -1.85. The number of carbonyl (C=O) groups is 1. The molecule has 1 amide bonds. The van der Waals surface area contributed by atoms with Gasteiger partial charge in [0, 0.05) is 35.2 Å². The Morgan fingerprint density at radius 2 is 2.08 bits per heavy atom. The van der Waals surface area contributed by atoms with Gasteiger partial charge in [-0.25, -0.2) is 4.98 Å². The van der Waals surface area contributed by atoms with Gasteiger partial charge < -0.3 is 9.88 Å². The molecular formula is C17H17Cl2N3O2. The Balaban J connectivity index is 1.85. The third kappa shape index (κ3) is 3.32. The lowest BCUT2D eigenvalue weighted by Gasteiger charge is -2.20. The number of aromatic amines is 1. The Morgan fingerprint density at radius 1 is 1.38 bits per heavy atom. The molecule has 1 aliphatic heterocycles. The van der Waals surface area contributed by atoms with Crippen LogP contribution in [0, 0.1) is 0 Å². The van der Waals surface area contributed by atoms with Crippen LogP contribution in [-0.2, 0) is 6.42 Å². The van der Waals surface area contributed by atoms with Gasteiger partial charge in [-0.05, 0) is 37.5 Å². The fourth-order valence-corrected chi connectivity index (χ4v) is 3.46. The van der Waals surface area contributed by atoms with Crippen LogP contribution in [0.25, 0.3) is 0 Å². The van der Waals surface area contributed by atoms with E-state index >= 15 is 0 Å². The lowest BCUT2D eigenvalue weighted by Crippen LogP contribution is -2.37. The molecule has 0 spiro atoms. The van der Waals surface area contributed by atoms with E-state index in [1.54, 1.807) is 23.1 Å². The highest BCUT2D eigenvalue weighted by Gasteiger charge is 2.27. The summed E-state index contributed by atoms with van der Waals surface area (Å²) in [6.45, 7) is 2.66. The van der Waals surface area contributed by atoms with Gasteiger partial charge >= 0.3 is 0 Å². The monoisotopic (exact) mass is 365 g/mol. The number of hydrogen-bond donors (Lipinski definition) is 1. The fraction of sp³-hybridized carbons (Fsp3) is 0.353. The predicted octanol–water partition coefficient (Wildman–Crippen LogP) is 3.29. The number of halogens is 2. The number of likely N-dealkylation sites (tertiary alicyclic amines) is 1. The van der Waals surface area contributed by atoms with Gasteiger partial charge in [0.25, 0.3) is 11.5 Å². The minimum absolute atomic E-state index is 0.0674. The van der Waals surface area contributed by atoms with E-state index in [2.05, 4.69) is 9.97 Å². The first-order valence-corrected chi connectivity index (χ1v) is 8.55. The number of hydrogen-bond acceptors (Lipinski definition) is 3. The second-order valence-electron chi connectivity index (χ2n) is 5.94. The third-order valence-corrected chi connectivity index (χ3v) is 5.01. The number of carbonyl (C=O) groups excluding carboxylic acids is 1. The maximum Gasteiger partial charge on any atom is 0.263 e. The molecule has 24 heavy (non-hydrogen) atoms. The molecule has 0 saturated carbocycles. The van der Waals surface area contributed by atoms with Crippen molar-refractivity contribution in [3.63, 3.8) is 0 Å². The molecule has 1 aromatic heterocycles. The lowest BCUT2D eigenvalue weighted by molar-refractivity contribution is 0.0745. The van der Waals surface area contributed by atoms with Crippen molar-refractivity contribution in [3.8, 4) is 0 Å². The van der Waals surface area contributed by atoms with Crippen LogP contribution < -0.4 is 5.56 Å². The highest BCUT2D eigenvalue weighted by Crippen LogP contribution is 2.25. The smallest absolute Gasteiger partial charge is 0.263 e. The van der Waals surface area contributed by atoms with Crippen LogP contribution in [0.4, 0.5) is 0 Å². The maximum atomic E-state index is 12.5. The summed E-state index contributed by atoms with van der Waals surface area (Å²) >= 11 is 12.3. The molecule has 1 aromatic carbocycles. The first-order chi connectivity index (χ1) is 11.5. The Labute approximate surface area is 149 Å². The van der Waals surface area contributed by atoms with E-state index in [0.717, 1.165) is 12.8 Å². The summed E-state index contributed by atoms with van der Waals surface area (Å²) in [6.07, 6.45) is 3.55. The van der Waals surface area contributed by atoms with Gasteiger partial charge in [0.1, 0.15) is 11.4 Å². The van der Waals surface area contributed by atoms with E-state index in [4.69, 9.17) is 23.2 Å². The standard InChI is InChI=1S/C17H17Cl2N3O2/c1-10-4-3-7-22(10)17(24)12-9-20-15(21-16(12)23)8-11-13(18)5-2-6-14(11)19/h2,5-6,9-10H,3-4,7-8H2,1H3,(H,20,21,23). The van der Waals surface area contributed by atoms with E-state index in [1.165, 1.54) is 6.20 Å². The Kier molecular flexibility index (Phi) is 4.92. The van der Waals surface area contributed by atoms with Crippen LogP contribution >= 0.6 is 23.2 Å². The molecule has 1 fully saturated rings. The average Bonchev–Trinajstić information content (AvgIpc) is 2.97. The molecular weight excluding hydrogens is 349 g/mol. The Bertz CT molecular complexity index is 815. The molecule has 126 valence electrons. The largest absolute Gasteiger partial charge is 0.336 e. The molecule has 1 aliphatic rings. The van der Waals surface area contributed by atoms with Gasteiger partial charge in [-0.15, -0.1) is 0 Å². The first-order valence-electron chi connectivity index (χ1n) is 7.79. The summed E-state index contributed by atoms with van der Waals surface area (Å²) in [5.74, 6) is 0.150. The first kappa shape index (κ1) is 17.0. The van der Waals surface area contributed by atoms with Crippen molar-refractivity contribution in [2.75, 3.05) is 6.54 Å². The maximum absolute atomic E-state index is 12.5. The van der Waals surface area contributed by atoms with Crippen LogP contribution in [0.2, 0.25) is 10.0 Å². The predicted molar refractivity (Wildman–Crippen MR) is 93.9 cm³/mol. The zero-order valence-electron chi connectivity index (χ0n) is 13.2. The second kappa shape index (κ2) is 6.95. The van der Waals surface area contributed by atoms with E-state index in [9.17, 15) is 9.59 Å². The molecule has 1 unspecified atom stereocenters. The SMILES string of the molecule is CC1CCCN1C(=O)c1cnc(Cc2c(Cl)cccc2Cl)[nH]c1=O. The molecule has 2 heterocycles. The van der Waals surface area contributed by atoms with E-state index < -0.39 is 5.56 Å². The molecule has 2 aromatic rings. The van der Waals surface area contributed by atoms with Gasteiger partial charge in [-0.2, -0.15) is 0 Å². The van der Waals surface area contributed by atoms with Crippen LogP contribution in [0.5, 0.6) is 0 Å². The second-order valence-corrected chi connectivity index (χ2v) is 6.75. The number of aromatic nitrogens is 2. The molecule has 5 nitrogen and oxygen atoms in total. The number of rotatable bonds is 3. The number of nitrogens with zero attached hydrogens (tertiary/aromatic N) is 2. The zero-order chi connectivity index (χ0) is 17.3. The van der Waals surface area contributed by atoms with E-state index in [-0.39, 0.29) is 17.5 Å². The number of nitrogens with one attached hydrogen (secondary N) is 1. The number of benzene rings is 1. The highest BCUT2D eigenvalue weighted by atomic mass is 35.5. The summed E-state index contributed by atoms with van der Waals surface area (Å²) < 4.78 is 0. The van der Waals surface area contributed by atoms with Crippen LogP contribution in [0.3, 0.4) is 0 Å². The summed E-state index contributed by atoms with van der Waals surface area (Å²) in [4.78, 5) is 33.4. The highest BCUT2D eigenvalue weighted by molar-refractivity contribution is 6.36. The number of H-pyrrole nitrogens is 1. The van der Waals surface area contributed by atoms with Crippen molar-refractivity contribution in [1.29, 1.82) is 0 Å². The van der Waals surface area contributed by atoms with Crippen molar-refractivity contribution in [2.45, 2.75) is 32.2 Å². The Morgan fingerprint density at radius 3 is 2.67 bits per heavy atom. The summed E-state index contributed by atoms with van der Waals surface area (Å²) in [5, 5.41) is 1.02. The van der Waals surface area contributed by atoms with Gasteiger partial charge in [-0.3, -0.25) is 9.59 Å². The van der Waals surface area contributed by atoms with Crippen molar-refractivity contribution in [3.05, 3.63) is 61.7 Å². The van der Waals surface area contributed by atoms with Crippen LogP contribution in [0.1, 0.15) is 41.5 Å². The minimum Gasteiger partial charge on any atom is -0.336 e. The summed E-state index contributed by atoms with van der Waals surface area (Å²) in [7, 11) is 0. The quantitative estimate of drug-likeness (QED) is 0.907. The van der Waals surface area contributed by atoms with Crippen molar-refractivity contribution in [2.24, 2.45) is 0 Å². The number of amides is 1. The molecule has 0 radical (unpaired) electrons. The topological polar surface area (TPSA) is 66.1 Å². The summed E-state index contributed by atoms with van der Waals surface area (Å²) in [6, 6.07) is 5.36. The van der Waals surface area contributed by atoms with Crippen molar-refractivity contribution < 1.29 is 4.79 Å². The van der Waals surface area contributed by atoms with Gasteiger partial charge in [0.15, 0.2) is 0 Å². The van der Waals surface area contributed by atoms with E-state index in [1.807, 2.05) is 6.92 Å². The lowest BCUT2D eigenvalue weighted by atomic mass is 10.1. The van der Waals surface area contributed by atoms with E-state index in [0.29, 0.717) is 34.4 Å². The summed E-state index contributed by atoms with van der Waals surface area (Å²) in [5.41, 5.74) is 0.321. The average molecular weight is 366 g/mol. The van der Waals surface area contributed by atoms with Crippen molar-refractivity contribution >= 4 is 29.1 Å². The molecule has 3 rings (SSSR count). The fourth-order valence-electron chi connectivity index (χ4n) is 2.93.